The standard InChI is InChI=1S/C32H39N3O4.C2HF3O2/c1-23(2)20-28(34-30(36)27(33)19-18-24-12-6-3-7-13-24)31(37)35-29(21-25-14-8-4-9-15-25)32(38)39-22-26-16-10-5-11-17-26;3-2(4,5)1(6)7/h3-17,23,27-29H,18-22,33H2,1-2H3,(H,34,36)(H,35,37);(H,6,7)/t27-,28?,29-;/m0./s1. The number of nitrogens with two attached hydrogens (primary N) is 1. The smallest absolute Gasteiger partial charge is 0.475 e. The van der Waals surface area contributed by atoms with Gasteiger partial charge in [-0.3, -0.25) is 9.59 Å². The summed E-state index contributed by atoms with van der Waals surface area (Å²) in [5.41, 5.74) is 9.00. The van der Waals surface area contributed by atoms with Crippen molar-refractivity contribution in [1.82, 2.24) is 10.6 Å². The number of nitrogens with one attached hydrogen (secondary N) is 2. The number of benzene rings is 3. The number of aryl methyl sites for hydroxylation is 1. The zero-order chi connectivity index (χ0) is 34.1. The fourth-order valence-electron chi connectivity index (χ4n) is 4.22. The Morgan fingerprint density at radius 2 is 1.22 bits per heavy atom. The average molecular weight is 644 g/mol. The van der Waals surface area contributed by atoms with Crippen LogP contribution in [0.15, 0.2) is 91.0 Å². The molecule has 0 radical (unpaired) electrons. The van der Waals surface area contributed by atoms with Crippen LogP contribution in [0.4, 0.5) is 13.2 Å². The van der Waals surface area contributed by atoms with Gasteiger partial charge in [-0.25, -0.2) is 9.59 Å². The highest BCUT2D eigenvalue weighted by molar-refractivity contribution is 5.92. The molecule has 46 heavy (non-hydrogen) atoms. The van der Waals surface area contributed by atoms with Gasteiger partial charge in [0.2, 0.25) is 11.8 Å². The normalized spacial score (nSPS) is 12.9. The second kappa shape index (κ2) is 18.9. The van der Waals surface area contributed by atoms with E-state index in [1.807, 2.05) is 105 Å². The van der Waals surface area contributed by atoms with Crippen molar-refractivity contribution in [3.63, 3.8) is 0 Å². The Balaban J connectivity index is 0.000000942. The molecule has 3 aromatic rings. The second-order valence-electron chi connectivity index (χ2n) is 11.0. The molecule has 9 nitrogen and oxygen atoms in total. The van der Waals surface area contributed by atoms with Crippen LogP contribution in [0, 0.1) is 5.92 Å². The van der Waals surface area contributed by atoms with E-state index in [0.29, 0.717) is 19.3 Å². The Labute approximate surface area is 266 Å². The minimum atomic E-state index is -5.08. The number of ether oxygens (including phenoxy) is 1. The van der Waals surface area contributed by atoms with Gasteiger partial charge < -0.3 is 26.2 Å². The van der Waals surface area contributed by atoms with Crippen LogP contribution in [0.25, 0.3) is 0 Å². The molecule has 248 valence electrons. The van der Waals surface area contributed by atoms with Gasteiger partial charge in [0.25, 0.3) is 0 Å². The molecule has 0 aliphatic carbocycles. The highest BCUT2D eigenvalue weighted by atomic mass is 19.4. The fourth-order valence-corrected chi connectivity index (χ4v) is 4.22. The van der Waals surface area contributed by atoms with E-state index >= 15 is 0 Å². The highest BCUT2D eigenvalue weighted by Crippen LogP contribution is 2.13. The molecule has 2 amide bonds. The first kappa shape index (κ1) is 37.5. The topological polar surface area (TPSA) is 148 Å². The molecule has 3 aromatic carbocycles. The van der Waals surface area contributed by atoms with E-state index in [1.165, 1.54) is 0 Å². The summed E-state index contributed by atoms with van der Waals surface area (Å²) in [6.07, 6.45) is -3.31. The van der Waals surface area contributed by atoms with Crippen LogP contribution >= 0.6 is 0 Å². The summed E-state index contributed by atoms with van der Waals surface area (Å²) in [6, 6.07) is 26.1. The summed E-state index contributed by atoms with van der Waals surface area (Å²) in [7, 11) is 0. The SMILES string of the molecule is CC(C)CC(NC(=O)[C@@H](N)CCc1ccccc1)C(=O)N[C@@H](Cc1ccccc1)C(=O)OCc1ccccc1.O=C(O)C(F)(F)F. The van der Waals surface area contributed by atoms with Crippen LogP contribution < -0.4 is 16.4 Å². The number of hydrogen-bond donors (Lipinski definition) is 4. The van der Waals surface area contributed by atoms with E-state index in [0.717, 1.165) is 16.7 Å². The van der Waals surface area contributed by atoms with Gasteiger partial charge in [-0.1, -0.05) is 105 Å². The maximum absolute atomic E-state index is 13.4. The summed E-state index contributed by atoms with van der Waals surface area (Å²) < 4.78 is 37.3. The highest BCUT2D eigenvalue weighted by Gasteiger charge is 2.38. The first-order valence-corrected chi connectivity index (χ1v) is 14.7. The fraction of sp³-hybridized carbons (Fsp3) is 0.353. The number of carbonyl (C=O) groups excluding carboxylic acids is 3. The van der Waals surface area contributed by atoms with Crippen molar-refractivity contribution in [2.75, 3.05) is 0 Å². The molecule has 3 atom stereocenters. The van der Waals surface area contributed by atoms with Gasteiger partial charge >= 0.3 is 18.1 Å². The molecule has 5 N–H and O–H groups in total. The molecule has 3 rings (SSSR count). The van der Waals surface area contributed by atoms with E-state index < -0.39 is 48.1 Å². The predicted octanol–water partition coefficient (Wildman–Crippen LogP) is 4.58. The van der Waals surface area contributed by atoms with Gasteiger partial charge in [0.15, 0.2) is 0 Å². The van der Waals surface area contributed by atoms with Crippen molar-refractivity contribution in [1.29, 1.82) is 0 Å². The first-order chi connectivity index (χ1) is 21.8. The Bertz CT molecular complexity index is 1370. The van der Waals surface area contributed by atoms with Crippen molar-refractivity contribution >= 4 is 23.8 Å². The monoisotopic (exact) mass is 643 g/mol. The van der Waals surface area contributed by atoms with Crippen LogP contribution in [-0.2, 0) is 43.4 Å². The maximum atomic E-state index is 13.4. The lowest BCUT2D eigenvalue weighted by Gasteiger charge is -2.25. The Hall–Kier alpha value is -4.71. The summed E-state index contributed by atoms with van der Waals surface area (Å²) in [6.45, 7) is 4.04. The predicted molar refractivity (Wildman–Crippen MR) is 166 cm³/mol. The number of amides is 2. The van der Waals surface area contributed by atoms with Crippen molar-refractivity contribution < 1.29 is 42.2 Å². The molecule has 0 heterocycles. The average Bonchev–Trinajstić information content (AvgIpc) is 3.02. The molecule has 0 saturated heterocycles. The van der Waals surface area contributed by atoms with E-state index in [9.17, 15) is 27.6 Å². The Morgan fingerprint density at radius 3 is 1.70 bits per heavy atom. The van der Waals surface area contributed by atoms with Gasteiger partial charge in [0, 0.05) is 6.42 Å². The van der Waals surface area contributed by atoms with E-state index in [1.54, 1.807) is 0 Å². The van der Waals surface area contributed by atoms with Gasteiger partial charge in [-0.2, -0.15) is 13.2 Å². The molecular weight excluding hydrogens is 603 g/mol. The van der Waals surface area contributed by atoms with Crippen LogP contribution in [0.2, 0.25) is 0 Å². The van der Waals surface area contributed by atoms with Crippen LogP contribution in [0.1, 0.15) is 43.4 Å². The van der Waals surface area contributed by atoms with E-state index in [4.69, 9.17) is 20.4 Å². The lowest BCUT2D eigenvalue weighted by atomic mass is 10.00. The number of aliphatic carboxylic acids is 1. The molecule has 0 bridgehead atoms. The van der Waals surface area contributed by atoms with Crippen molar-refractivity contribution in [2.24, 2.45) is 11.7 Å². The molecule has 0 fully saturated rings. The molecule has 0 aliphatic heterocycles. The minimum absolute atomic E-state index is 0.100. The van der Waals surface area contributed by atoms with Crippen LogP contribution in [0.5, 0.6) is 0 Å². The van der Waals surface area contributed by atoms with E-state index in [-0.39, 0.29) is 18.9 Å². The first-order valence-electron chi connectivity index (χ1n) is 14.7. The van der Waals surface area contributed by atoms with Crippen LogP contribution in [-0.4, -0.2) is 53.2 Å². The summed E-state index contributed by atoms with van der Waals surface area (Å²) in [4.78, 5) is 48.3. The Kier molecular flexibility index (Phi) is 15.4. The lowest BCUT2D eigenvalue weighted by molar-refractivity contribution is -0.192. The van der Waals surface area contributed by atoms with Crippen molar-refractivity contribution in [3.8, 4) is 0 Å². The third kappa shape index (κ3) is 14.4. The molecule has 12 heteroatoms. The molecule has 0 spiro atoms. The summed E-state index contributed by atoms with van der Waals surface area (Å²) in [5, 5.41) is 12.8. The molecule has 0 aromatic heterocycles. The maximum Gasteiger partial charge on any atom is 0.490 e. The van der Waals surface area contributed by atoms with Gasteiger partial charge in [-0.15, -0.1) is 0 Å². The summed E-state index contributed by atoms with van der Waals surface area (Å²) in [5.74, 6) is -4.00. The molecule has 0 saturated carbocycles. The number of halogens is 3. The second-order valence-corrected chi connectivity index (χ2v) is 11.0. The summed E-state index contributed by atoms with van der Waals surface area (Å²) >= 11 is 0. The number of rotatable bonds is 14. The third-order valence-corrected chi connectivity index (χ3v) is 6.61. The van der Waals surface area contributed by atoms with E-state index in [2.05, 4.69) is 10.6 Å². The number of hydrogen-bond acceptors (Lipinski definition) is 6. The van der Waals surface area contributed by atoms with Crippen molar-refractivity contribution in [3.05, 3.63) is 108 Å². The molecular formula is C34H40F3N3O6. The lowest BCUT2D eigenvalue weighted by Crippen LogP contribution is -2.55. The minimum Gasteiger partial charge on any atom is -0.475 e. The largest absolute Gasteiger partial charge is 0.490 e. The molecule has 1 unspecified atom stereocenters. The van der Waals surface area contributed by atoms with Gasteiger partial charge in [-0.05, 0) is 41.9 Å². The zero-order valence-electron chi connectivity index (χ0n) is 25.7. The number of carbonyl (C=O) groups is 4. The quantitative estimate of drug-likeness (QED) is 0.188. The number of carboxylic acid groups (broad SMARTS) is 1. The van der Waals surface area contributed by atoms with Crippen LogP contribution in [0.3, 0.4) is 0 Å². The zero-order valence-corrected chi connectivity index (χ0v) is 25.7. The van der Waals surface area contributed by atoms with Crippen molar-refractivity contribution in [2.45, 2.75) is 70.4 Å². The number of carboxylic acids is 1. The third-order valence-electron chi connectivity index (χ3n) is 6.61. The van der Waals surface area contributed by atoms with Gasteiger partial charge in [0.1, 0.15) is 18.7 Å². The Morgan fingerprint density at radius 1 is 0.761 bits per heavy atom. The molecule has 0 aliphatic rings. The number of alkyl halides is 3. The van der Waals surface area contributed by atoms with Gasteiger partial charge in [0.05, 0.1) is 6.04 Å². The number of esters is 1.